The second-order valence-electron chi connectivity index (χ2n) is 10.1. The molecule has 1 saturated heterocycles. The van der Waals surface area contributed by atoms with Crippen LogP contribution in [-0.4, -0.2) is 50.3 Å². The topological polar surface area (TPSA) is 117 Å². The maximum Gasteiger partial charge on any atom is 0.322 e. The van der Waals surface area contributed by atoms with E-state index in [0.717, 1.165) is 16.7 Å². The van der Waals surface area contributed by atoms with Crippen molar-refractivity contribution in [1.29, 1.82) is 0 Å². The second kappa shape index (κ2) is 11.4. The van der Waals surface area contributed by atoms with Crippen LogP contribution in [0.1, 0.15) is 62.0 Å². The van der Waals surface area contributed by atoms with Crippen LogP contribution in [0.4, 0.5) is 0 Å². The zero-order valence-corrected chi connectivity index (χ0v) is 21.5. The summed E-state index contributed by atoms with van der Waals surface area (Å²) < 4.78 is 5.53. The van der Waals surface area contributed by atoms with Crippen LogP contribution >= 0.6 is 12.4 Å². The van der Waals surface area contributed by atoms with Gasteiger partial charge in [-0.25, -0.2) is 0 Å². The molecule has 196 valence electrons. The fourth-order valence-corrected chi connectivity index (χ4v) is 5.53. The Morgan fingerprint density at radius 2 is 1.57 bits per heavy atom. The third-order valence-corrected chi connectivity index (χ3v) is 7.67. The van der Waals surface area contributed by atoms with Crippen molar-refractivity contribution in [1.82, 2.24) is 15.0 Å². The number of aliphatic carboxylic acids is 2. The molecule has 0 unspecified atom stereocenters. The number of aromatic nitrogens is 2. The predicted octanol–water partition coefficient (Wildman–Crippen LogP) is 5.62. The highest BCUT2D eigenvalue weighted by atomic mass is 35.5. The Hall–Kier alpha value is -3.23. The van der Waals surface area contributed by atoms with E-state index in [0.29, 0.717) is 37.1 Å². The monoisotopic (exact) mass is 525 g/mol. The molecule has 0 spiro atoms. The van der Waals surface area contributed by atoms with Gasteiger partial charge in [0, 0.05) is 24.2 Å². The van der Waals surface area contributed by atoms with E-state index in [1.165, 1.54) is 37.7 Å². The third-order valence-electron chi connectivity index (χ3n) is 7.67. The second-order valence-corrected chi connectivity index (χ2v) is 10.1. The van der Waals surface area contributed by atoms with Crippen LogP contribution < -0.4 is 0 Å². The van der Waals surface area contributed by atoms with Crippen LogP contribution in [0.15, 0.2) is 53.1 Å². The Labute approximate surface area is 222 Å². The van der Waals surface area contributed by atoms with Gasteiger partial charge in [0.1, 0.15) is 0 Å². The third kappa shape index (κ3) is 5.70. The largest absolute Gasteiger partial charge is 0.480 e. The number of rotatable bonds is 7. The molecule has 37 heavy (non-hydrogen) atoms. The smallest absolute Gasteiger partial charge is 0.322 e. The summed E-state index contributed by atoms with van der Waals surface area (Å²) in [4.78, 5) is 29.8. The molecule has 2 fully saturated rings. The summed E-state index contributed by atoms with van der Waals surface area (Å²) in [7, 11) is 0. The lowest BCUT2D eigenvalue weighted by molar-refractivity contribution is -0.169. The molecule has 0 atom stereocenters. The van der Waals surface area contributed by atoms with E-state index in [4.69, 9.17) is 4.52 Å². The molecule has 8 nitrogen and oxygen atoms in total. The number of benzene rings is 2. The van der Waals surface area contributed by atoms with Crippen LogP contribution in [0.5, 0.6) is 0 Å². The minimum atomic E-state index is -1.74. The Balaban J connectivity index is 0.00000320. The van der Waals surface area contributed by atoms with Gasteiger partial charge in [-0.05, 0) is 61.4 Å². The Kier molecular flexibility index (Phi) is 8.29. The Bertz CT molecular complexity index is 1210. The van der Waals surface area contributed by atoms with Gasteiger partial charge in [0.05, 0.1) is 0 Å². The van der Waals surface area contributed by atoms with Crippen molar-refractivity contribution < 1.29 is 24.3 Å². The average molecular weight is 526 g/mol. The van der Waals surface area contributed by atoms with Crippen LogP contribution in [0, 0.1) is 5.41 Å². The number of hydrogen-bond acceptors (Lipinski definition) is 6. The lowest BCUT2D eigenvalue weighted by Gasteiger charge is -2.37. The summed E-state index contributed by atoms with van der Waals surface area (Å²) in [6.07, 6.45) is 7.16. The van der Waals surface area contributed by atoms with E-state index in [1.807, 2.05) is 29.2 Å². The van der Waals surface area contributed by atoms with Crippen LogP contribution in [0.2, 0.25) is 0 Å². The zero-order valence-electron chi connectivity index (χ0n) is 20.6. The van der Waals surface area contributed by atoms with E-state index in [1.54, 1.807) is 0 Å². The minimum Gasteiger partial charge on any atom is -0.480 e. The number of halogens is 1. The van der Waals surface area contributed by atoms with Crippen molar-refractivity contribution in [3.63, 3.8) is 0 Å². The highest BCUT2D eigenvalue weighted by molar-refractivity contribution is 5.98. The van der Waals surface area contributed by atoms with Crippen LogP contribution in [0.3, 0.4) is 0 Å². The average Bonchev–Trinajstić information content (AvgIpc) is 3.40. The number of carboxylic acids is 2. The van der Waals surface area contributed by atoms with E-state index in [-0.39, 0.29) is 25.4 Å². The fraction of sp³-hybridized carbons (Fsp3) is 0.429. The van der Waals surface area contributed by atoms with Gasteiger partial charge in [-0.3, -0.25) is 14.5 Å². The van der Waals surface area contributed by atoms with Gasteiger partial charge in [0.15, 0.2) is 5.41 Å². The van der Waals surface area contributed by atoms with Gasteiger partial charge in [-0.15, -0.1) is 12.4 Å². The first-order valence-corrected chi connectivity index (χ1v) is 12.7. The van der Waals surface area contributed by atoms with Crippen LogP contribution in [-0.2, 0) is 16.1 Å². The summed E-state index contributed by atoms with van der Waals surface area (Å²) >= 11 is 0. The van der Waals surface area contributed by atoms with Gasteiger partial charge in [-0.1, -0.05) is 60.8 Å². The van der Waals surface area contributed by atoms with E-state index in [2.05, 4.69) is 34.4 Å². The van der Waals surface area contributed by atoms with E-state index >= 15 is 0 Å². The Morgan fingerprint density at radius 3 is 2.22 bits per heavy atom. The molecule has 5 rings (SSSR count). The molecule has 2 N–H and O–H groups in total. The molecular formula is C28H32ClN3O5. The number of hydrogen-bond donors (Lipinski definition) is 2. The van der Waals surface area contributed by atoms with Gasteiger partial charge >= 0.3 is 11.9 Å². The molecule has 3 aromatic rings. The Morgan fingerprint density at radius 1 is 0.919 bits per heavy atom. The first kappa shape index (κ1) is 26.8. The summed E-state index contributed by atoms with van der Waals surface area (Å²) in [5.41, 5.74) is 2.32. The van der Waals surface area contributed by atoms with Crippen LogP contribution in [0.25, 0.3) is 22.8 Å². The summed E-state index contributed by atoms with van der Waals surface area (Å²) in [6.45, 7) is 1.14. The minimum absolute atomic E-state index is 0. The summed E-state index contributed by atoms with van der Waals surface area (Å²) in [5.74, 6) is -0.907. The molecule has 2 aliphatic rings. The zero-order chi connectivity index (χ0) is 25.1. The standard InChI is InChI=1S/C28H31N3O5.ClH/c32-26(33)28(27(34)35)15-4-16-31(18-28)17-19-7-9-22(10-8-19)24-29-25(36-30-24)23-13-11-21(12-14-23)20-5-2-1-3-6-20;/h7-14,20H,1-6,15-18H2,(H,32,33)(H,34,35);1H. The first-order chi connectivity index (χ1) is 17.4. The van der Waals surface area contributed by atoms with Gasteiger partial charge in [-0.2, -0.15) is 4.98 Å². The molecule has 1 saturated carbocycles. The molecule has 0 amide bonds. The number of piperidine rings is 1. The molecule has 9 heteroatoms. The number of nitrogens with zero attached hydrogens (tertiary/aromatic N) is 3. The number of carboxylic acid groups (broad SMARTS) is 2. The first-order valence-electron chi connectivity index (χ1n) is 12.7. The number of likely N-dealkylation sites (tertiary alicyclic amines) is 1. The maximum atomic E-state index is 11.7. The normalized spacial score (nSPS) is 18.2. The van der Waals surface area contributed by atoms with E-state index < -0.39 is 17.4 Å². The highest BCUT2D eigenvalue weighted by Gasteiger charge is 2.49. The molecule has 2 heterocycles. The quantitative estimate of drug-likeness (QED) is 0.381. The molecule has 1 aliphatic heterocycles. The van der Waals surface area contributed by atoms with Crippen molar-refractivity contribution in [2.24, 2.45) is 5.41 Å². The summed E-state index contributed by atoms with van der Waals surface area (Å²) in [6, 6.07) is 16.1. The van der Waals surface area contributed by atoms with Gasteiger partial charge in [0.25, 0.3) is 5.89 Å². The van der Waals surface area contributed by atoms with Gasteiger partial charge < -0.3 is 14.7 Å². The van der Waals surface area contributed by atoms with Crippen molar-refractivity contribution in [2.45, 2.75) is 57.4 Å². The molecule has 0 bridgehead atoms. The maximum absolute atomic E-state index is 11.7. The lowest BCUT2D eigenvalue weighted by atomic mass is 9.80. The summed E-state index contributed by atoms with van der Waals surface area (Å²) in [5, 5.41) is 23.2. The number of carbonyl (C=O) groups is 2. The van der Waals surface area contributed by atoms with Crippen molar-refractivity contribution >= 4 is 24.3 Å². The fourth-order valence-electron chi connectivity index (χ4n) is 5.53. The van der Waals surface area contributed by atoms with Crippen molar-refractivity contribution in [3.05, 3.63) is 59.7 Å². The molecule has 2 aromatic carbocycles. The lowest BCUT2D eigenvalue weighted by Crippen LogP contribution is -2.52. The van der Waals surface area contributed by atoms with Crippen molar-refractivity contribution in [2.75, 3.05) is 13.1 Å². The molecule has 0 radical (unpaired) electrons. The molecular weight excluding hydrogens is 494 g/mol. The van der Waals surface area contributed by atoms with Gasteiger partial charge in [0.2, 0.25) is 5.82 Å². The highest BCUT2D eigenvalue weighted by Crippen LogP contribution is 2.34. The predicted molar refractivity (Wildman–Crippen MR) is 140 cm³/mol. The van der Waals surface area contributed by atoms with E-state index in [9.17, 15) is 19.8 Å². The SMILES string of the molecule is Cl.O=C(O)C1(C(=O)O)CCCN(Cc2ccc(-c3noc(-c4ccc(C5CCCCC5)cc4)n3)cc2)C1. The van der Waals surface area contributed by atoms with Crippen molar-refractivity contribution in [3.8, 4) is 22.8 Å². The molecule has 1 aromatic heterocycles. The molecule has 1 aliphatic carbocycles.